The second kappa shape index (κ2) is 13.0. The van der Waals surface area contributed by atoms with E-state index in [0.717, 1.165) is 0 Å². The molecular weight excluding hydrogens is 721 g/mol. The molecule has 0 spiro atoms. The van der Waals surface area contributed by atoms with Gasteiger partial charge in [-0.15, -0.1) is 0 Å². The number of phosphoric acid groups is 7. The van der Waals surface area contributed by atoms with Crippen LogP contribution in [-0.2, 0) is 63.0 Å². The van der Waals surface area contributed by atoms with Crippen molar-refractivity contribution in [3.63, 3.8) is 0 Å². The second-order valence-corrected chi connectivity index (χ2v) is 16.4. The lowest BCUT2D eigenvalue weighted by Gasteiger charge is -2.46. The third-order valence-electron chi connectivity index (χ3n) is 3.65. The van der Waals surface area contributed by atoms with Gasteiger partial charge in [0.05, 0.1) is 0 Å². The van der Waals surface area contributed by atoms with E-state index in [2.05, 4.69) is 31.0 Å². The highest BCUT2D eigenvalue weighted by molar-refractivity contribution is 7.61. The molecule has 3 unspecified atom stereocenters. The highest BCUT2D eigenvalue weighted by atomic mass is 31.3. The highest BCUT2D eigenvalue weighted by Gasteiger charge is 2.60. The molecule has 0 aromatic heterocycles. The third-order valence-corrected chi connectivity index (χ3v) is 10.7. The minimum Gasteiger partial charge on any atom is -0.387 e. The molecule has 40 heavy (non-hydrogen) atoms. The fourth-order valence-corrected chi connectivity index (χ4v) is 8.61. The van der Waals surface area contributed by atoms with Crippen molar-refractivity contribution in [2.45, 2.75) is 36.6 Å². The number of phosphoric ester groups is 4. The van der Waals surface area contributed by atoms with Crippen LogP contribution in [0.25, 0.3) is 0 Å². The van der Waals surface area contributed by atoms with Crippen molar-refractivity contribution < 1.29 is 127 Å². The van der Waals surface area contributed by atoms with Crippen molar-refractivity contribution in [1.29, 1.82) is 0 Å². The van der Waals surface area contributed by atoms with Crippen LogP contribution in [0, 0.1) is 0 Å². The molecule has 1 fully saturated rings. The molecule has 0 bridgehead atoms. The van der Waals surface area contributed by atoms with Crippen molar-refractivity contribution >= 4 is 54.8 Å². The lowest BCUT2D eigenvalue weighted by molar-refractivity contribution is -0.208. The number of aliphatic hydroxyl groups excluding tert-OH is 2. The molecule has 0 aromatic rings. The molecule has 27 nitrogen and oxygen atoms in total. The Bertz CT molecular complexity index is 1230. The van der Waals surface area contributed by atoms with Gasteiger partial charge in [0.2, 0.25) is 0 Å². The van der Waals surface area contributed by atoms with E-state index in [1.807, 2.05) is 0 Å². The van der Waals surface area contributed by atoms with E-state index in [9.17, 15) is 66.6 Å². The summed E-state index contributed by atoms with van der Waals surface area (Å²) in [5.41, 5.74) is 0. The minimum absolute atomic E-state index is 3.07. The molecule has 0 saturated heterocycles. The molecule has 0 radical (unpaired) electrons. The molecule has 0 amide bonds. The van der Waals surface area contributed by atoms with E-state index in [-0.39, 0.29) is 0 Å². The van der Waals surface area contributed by atoms with E-state index >= 15 is 0 Å². The minimum atomic E-state index is -6.36. The van der Waals surface area contributed by atoms with Gasteiger partial charge in [-0.25, -0.2) is 32.0 Å². The summed E-state index contributed by atoms with van der Waals surface area (Å²) in [5.74, 6) is 0. The maximum absolute atomic E-state index is 12.1. The third kappa shape index (κ3) is 14.1. The zero-order chi connectivity index (χ0) is 31.9. The molecular formula is C6H19O27P7. The van der Waals surface area contributed by atoms with Crippen molar-refractivity contribution in [2.75, 3.05) is 0 Å². The topological polar surface area (TPSA) is 447 Å². The Balaban J connectivity index is 3.79. The van der Waals surface area contributed by atoms with Crippen LogP contribution in [0.1, 0.15) is 0 Å². The van der Waals surface area contributed by atoms with E-state index in [1.165, 1.54) is 0 Å². The molecule has 34 heteroatoms. The van der Waals surface area contributed by atoms with Crippen LogP contribution in [0.2, 0.25) is 0 Å². The van der Waals surface area contributed by atoms with Crippen molar-refractivity contribution in [2.24, 2.45) is 0 Å². The van der Waals surface area contributed by atoms with Crippen molar-refractivity contribution in [3.8, 4) is 0 Å². The SMILES string of the molecule is O=P(O)(O)O[C@H]1[C@H](OP(=O)(O)OP(=O)(O)O)[C@@H](OP(=O)(O)OP(=O)(O)O)[C@@H](O)[C@@H](O)[C@@H]1OP(=O)(O)OP(=O)(O)O. The Hall–Kier alpha value is 0.810. The van der Waals surface area contributed by atoms with Crippen LogP contribution < -0.4 is 0 Å². The van der Waals surface area contributed by atoms with Gasteiger partial charge in [0, 0.05) is 0 Å². The van der Waals surface area contributed by atoms with Gasteiger partial charge in [-0.05, 0) is 0 Å². The average Bonchev–Trinajstić information content (AvgIpc) is 2.58. The molecule has 1 aliphatic rings. The first kappa shape index (κ1) is 38.8. The lowest BCUT2D eigenvalue weighted by Crippen LogP contribution is -2.65. The molecule has 0 aromatic carbocycles. The van der Waals surface area contributed by atoms with Gasteiger partial charge in [-0.2, -0.15) is 12.9 Å². The van der Waals surface area contributed by atoms with Crippen molar-refractivity contribution in [3.05, 3.63) is 0 Å². The van der Waals surface area contributed by atoms with Gasteiger partial charge >= 0.3 is 54.8 Å². The summed E-state index contributed by atoms with van der Waals surface area (Å²) in [7, 11) is -43.0. The van der Waals surface area contributed by atoms with Crippen molar-refractivity contribution in [1.82, 2.24) is 0 Å². The largest absolute Gasteiger partial charge is 0.481 e. The zero-order valence-electron chi connectivity index (χ0n) is 18.1. The Morgan fingerprint density at radius 2 is 0.575 bits per heavy atom. The summed E-state index contributed by atoms with van der Waals surface area (Å²) in [5, 5.41) is 20.6. The molecule has 9 atom stereocenters. The standard InChI is InChI=1S/C6H19O27P7/c7-1-2(8)4(29-39(23,24)32-36(15,16)17)6(30-40(25,26)33-37(18,19)20)5(27-34(9,10)11)3(1)28-38(21,22)31-35(12,13)14/h1-8H,(H,21,22)(H,23,24)(H,25,26)(H2,9,10,11)(H2,12,13,14)(H2,15,16,17)(H2,18,19,20)/t1-,2+,3+,4+,5-,6-/m1/s1. The summed E-state index contributed by atoms with van der Waals surface area (Å²) in [6, 6.07) is 0. The predicted molar refractivity (Wildman–Crippen MR) is 112 cm³/mol. The molecule has 0 heterocycles. The summed E-state index contributed by atoms with van der Waals surface area (Å²) in [6.07, 6.45) is -19.0. The number of aliphatic hydroxyl groups is 2. The highest BCUT2D eigenvalue weighted by Crippen LogP contribution is 2.64. The summed E-state index contributed by atoms with van der Waals surface area (Å²) < 4.78 is 107. The van der Waals surface area contributed by atoms with E-state index < -0.39 is 91.4 Å². The van der Waals surface area contributed by atoms with E-state index in [0.29, 0.717) is 0 Å². The van der Waals surface area contributed by atoms with Gasteiger partial charge in [0.1, 0.15) is 36.6 Å². The first-order valence-electron chi connectivity index (χ1n) is 8.76. The maximum Gasteiger partial charge on any atom is 0.481 e. The molecule has 13 N–H and O–H groups in total. The van der Waals surface area contributed by atoms with Gasteiger partial charge in [-0.1, -0.05) is 0 Å². The van der Waals surface area contributed by atoms with Crippen LogP contribution in [0.3, 0.4) is 0 Å². The number of hydrogen-bond donors (Lipinski definition) is 13. The smallest absolute Gasteiger partial charge is 0.387 e. The summed E-state index contributed by atoms with van der Waals surface area (Å²) >= 11 is 0. The summed E-state index contributed by atoms with van der Waals surface area (Å²) in [6.45, 7) is 0. The van der Waals surface area contributed by atoms with Gasteiger partial charge in [-0.3, -0.25) is 18.1 Å². The average molecular weight is 740 g/mol. The Morgan fingerprint density at radius 1 is 0.350 bits per heavy atom. The lowest BCUT2D eigenvalue weighted by atomic mass is 9.85. The van der Waals surface area contributed by atoms with Crippen LogP contribution >= 0.6 is 54.8 Å². The number of hydrogen-bond acceptors (Lipinski definition) is 16. The van der Waals surface area contributed by atoms with Crippen LogP contribution in [-0.4, -0.2) is 101 Å². The molecule has 1 rings (SSSR count). The maximum atomic E-state index is 12.1. The molecule has 240 valence electrons. The van der Waals surface area contributed by atoms with Crippen LogP contribution in [0.4, 0.5) is 0 Å². The van der Waals surface area contributed by atoms with Gasteiger partial charge in [0.15, 0.2) is 0 Å². The quantitative estimate of drug-likeness (QED) is 0.0788. The second-order valence-electron chi connectivity index (χ2n) is 6.87. The van der Waals surface area contributed by atoms with E-state index in [4.69, 9.17) is 29.4 Å². The number of rotatable bonds is 14. The Labute approximate surface area is 219 Å². The predicted octanol–water partition coefficient (Wildman–Crippen LogP) is -3.02. The molecule has 1 aliphatic carbocycles. The molecule has 1 saturated carbocycles. The Kier molecular flexibility index (Phi) is 12.7. The zero-order valence-corrected chi connectivity index (χ0v) is 24.4. The first-order chi connectivity index (χ1) is 17.3. The first-order valence-corrected chi connectivity index (χ1v) is 19.4. The van der Waals surface area contributed by atoms with Crippen LogP contribution in [0.5, 0.6) is 0 Å². The fraction of sp³-hybridized carbons (Fsp3) is 1.00. The fourth-order valence-electron chi connectivity index (χ4n) is 2.72. The van der Waals surface area contributed by atoms with Gasteiger partial charge < -0.3 is 64.0 Å². The normalized spacial score (nSPS) is 31.6. The summed E-state index contributed by atoms with van der Waals surface area (Å²) in [4.78, 5) is 99.5. The molecule has 0 aliphatic heterocycles. The monoisotopic (exact) mass is 740 g/mol. The van der Waals surface area contributed by atoms with Gasteiger partial charge in [0.25, 0.3) is 0 Å². The van der Waals surface area contributed by atoms with E-state index in [1.54, 1.807) is 0 Å². The van der Waals surface area contributed by atoms with Crippen LogP contribution in [0.15, 0.2) is 0 Å². The Morgan fingerprint density at radius 3 is 0.800 bits per heavy atom.